The standard InChI is InChI=1S/C14H14ClN3/c1-9(2)11-7-17-14(18-4-3-5-18)12-8-16-13(15)6-10(11)12/h6-8H,1,3-5H2,2H3. The zero-order valence-electron chi connectivity index (χ0n) is 10.3. The minimum absolute atomic E-state index is 0.505. The highest BCUT2D eigenvalue weighted by Crippen LogP contribution is 2.32. The first kappa shape index (κ1) is 11.5. The molecule has 0 aromatic carbocycles. The summed E-state index contributed by atoms with van der Waals surface area (Å²) in [6.45, 7) is 8.11. The van der Waals surface area contributed by atoms with Crippen LogP contribution < -0.4 is 4.90 Å². The van der Waals surface area contributed by atoms with Crippen molar-refractivity contribution in [1.29, 1.82) is 0 Å². The van der Waals surface area contributed by atoms with Gasteiger partial charge in [0.15, 0.2) is 0 Å². The first-order chi connectivity index (χ1) is 8.66. The smallest absolute Gasteiger partial charge is 0.138 e. The maximum Gasteiger partial charge on any atom is 0.138 e. The van der Waals surface area contributed by atoms with Crippen LogP contribution in [0.4, 0.5) is 5.82 Å². The van der Waals surface area contributed by atoms with E-state index >= 15 is 0 Å². The molecule has 1 aliphatic rings. The van der Waals surface area contributed by atoms with Gasteiger partial charge in [-0.1, -0.05) is 18.2 Å². The number of aromatic nitrogens is 2. The van der Waals surface area contributed by atoms with Gasteiger partial charge in [-0.05, 0) is 30.4 Å². The van der Waals surface area contributed by atoms with E-state index in [1.807, 2.05) is 25.4 Å². The van der Waals surface area contributed by atoms with Crippen LogP contribution in [-0.2, 0) is 0 Å². The fourth-order valence-corrected chi connectivity index (χ4v) is 2.37. The summed E-state index contributed by atoms with van der Waals surface area (Å²) in [6, 6.07) is 1.89. The van der Waals surface area contributed by atoms with Crippen molar-refractivity contribution >= 4 is 33.8 Å². The summed E-state index contributed by atoms with van der Waals surface area (Å²) < 4.78 is 0. The Balaban J connectivity index is 2.28. The van der Waals surface area contributed by atoms with Crippen molar-refractivity contribution in [3.8, 4) is 0 Å². The molecule has 3 nitrogen and oxygen atoms in total. The quantitative estimate of drug-likeness (QED) is 0.773. The Morgan fingerprint density at radius 3 is 2.67 bits per heavy atom. The monoisotopic (exact) mass is 259 g/mol. The molecular formula is C14H14ClN3. The molecule has 0 spiro atoms. The topological polar surface area (TPSA) is 29.0 Å². The number of allylic oxidation sites excluding steroid dienone is 1. The Hall–Kier alpha value is -1.61. The van der Waals surface area contributed by atoms with Gasteiger partial charge in [0.2, 0.25) is 0 Å². The highest BCUT2D eigenvalue weighted by molar-refractivity contribution is 6.30. The third-order valence-corrected chi connectivity index (χ3v) is 3.54. The fourth-order valence-electron chi connectivity index (χ4n) is 2.22. The van der Waals surface area contributed by atoms with Crippen molar-refractivity contribution in [3.05, 3.63) is 35.8 Å². The van der Waals surface area contributed by atoms with Gasteiger partial charge in [-0.15, -0.1) is 0 Å². The summed E-state index contributed by atoms with van der Waals surface area (Å²) in [5, 5.41) is 2.64. The second kappa shape index (κ2) is 4.25. The first-order valence-electron chi connectivity index (χ1n) is 6.02. The highest BCUT2D eigenvalue weighted by atomic mass is 35.5. The Labute approximate surface area is 111 Å². The second-order valence-electron chi connectivity index (χ2n) is 4.67. The van der Waals surface area contributed by atoms with Crippen LogP contribution in [0, 0.1) is 0 Å². The highest BCUT2D eigenvalue weighted by Gasteiger charge is 2.19. The predicted molar refractivity (Wildman–Crippen MR) is 76.1 cm³/mol. The van der Waals surface area contributed by atoms with Crippen molar-refractivity contribution in [3.63, 3.8) is 0 Å². The van der Waals surface area contributed by atoms with Crippen LogP contribution >= 0.6 is 11.6 Å². The lowest BCUT2D eigenvalue weighted by molar-refractivity contribution is 0.612. The Bertz CT molecular complexity index is 632. The van der Waals surface area contributed by atoms with Crippen LogP contribution in [0.3, 0.4) is 0 Å². The van der Waals surface area contributed by atoms with Crippen molar-refractivity contribution < 1.29 is 0 Å². The van der Waals surface area contributed by atoms with Gasteiger partial charge in [0.05, 0.1) is 0 Å². The molecule has 1 aliphatic heterocycles. The lowest BCUT2D eigenvalue weighted by Gasteiger charge is -2.33. The van der Waals surface area contributed by atoms with Gasteiger partial charge >= 0.3 is 0 Å². The molecule has 1 fully saturated rings. The zero-order chi connectivity index (χ0) is 12.7. The first-order valence-corrected chi connectivity index (χ1v) is 6.39. The molecule has 2 aromatic heterocycles. The number of hydrogen-bond acceptors (Lipinski definition) is 3. The lowest BCUT2D eigenvalue weighted by atomic mass is 10.0. The number of hydrogen-bond donors (Lipinski definition) is 0. The number of anilines is 1. The van der Waals surface area contributed by atoms with E-state index in [4.69, 9.17) is 11.6 Å². The molecular weight excluding hydrogens is 246 g/mol. The minimum Gasteiger partial charge on any atom is -0.356 e. The summed E-state index contributed by atoms with van der Waals surface area (Å²) in [5.41, 5.74) is 2.03. The molecule has 3 rings (SSSR count). The average molecular weight is 260 g/mol. The van der Waals surface area contributed by atoms with Crippen LogP contribution in [0.2, 0.25) is 5.15 Å². The molecule has 3 heterocycles. The Kier molecular flexibility index (Phi) is 2.71. The molecule has 0 bridgehead atoms. The predicted octanol–water partition coefficient (Wildman–Crippen LogP) is 3.53. The maximum absolute atomic E-state index is 6.00. The Morgan fingerprint density at radius 1 is 1.28 bits per heavy atom. The van der Waals surface area contributed by atoms with Crippen LogP contribution in [0.1, 0.15) is 18.9 Å². The molecule has 0 saturated carbocycles. The molecule has 2 aromatic rings. The van der Waals surface area contributed by atoms with Gasteiger partial charge in [0.25, 0.3) is 0 Å². The fraction of sp³-hybridized carbons (Fsp3) is 0.286. The second-order valence-corrected chi connectivity index (χ2v) is 5.06. The lowest BCUT2D eigenvalue weighted by Crippen LogP contribution is -2.37. The van der Waals surface area contributed by atoms with E-state index in [1.54, 1.807) is 0 Å². The summed E-state index contributed by atoms with van der Waals surface area (Å²) in [6.07, 6.45) is 4.92. The van der Waals surface area contributed by atoms with Gasteiger partial charge in [-0.25, -0.2) is 9.97 Å². The molecule has 0 N–H and O–H groups in total. The van der Waals surface area contributed by atoms with E-state index < -0.39 is 0 Å². The van der Waals surface area contributed by atoms with Gasteiger partial charge in [0, 0.05) is 36.4 Å². The molecule has 0 atom stereocenters. The van der Waals surface area contributed by atoms with Crippen molar-refractivity contribution in [1.82, 2.24) is 9.97 Å². The summed E-state index contributed by atoms with van der Waals surface area (Å²) in [4.78, 5) is 11.0. The van der Waals surface area contributed by atoms with Gasteiger partial charge < -0.3 is 4.90 Å². The van der Waals surface area contributed by atoms with E-state index in [0.29, 0.717) is 5.15 Å². The van der Waals surface area contributed by atoms with Crippen molar-refractivity contribution in [2.24, 2.45) is 0 Å². The summed E-state index contributed by atoms with van der Waals surface area (Å²) in [5.74, 6) is 1.01. The normalized spacial score (nSPS) is 14.7. The van der Waals surface area contributed by atoms with Crippen molar-refractivity contribution in [2.45, 2.75) is 13.3 Å². The number of rotatable bonds is 2. The van der Waals surface area contributed by atoms with Crippen LogP contribution in [-0.4, -0.2) is 23.1 Å². The average Bonchev–Trinajstić information content (AvgIpc) is 2.26. The molecule has 1 saturated heterocycles. The summed E-state index contributed by atoms with van der Waals surface area (Å²) >= 11 is 6.00. The SMILES string of the molecule is C=C(C)c1cnc(N2CCC2)c2cnc(Cl)cc12. The molecule has 92 valence electrons. The molecule has 0 amide bonds. The van der Waals surface area contributed by atoms with E-state index in [-0.39, 0.29) is 0 Å². The molecule has 0 aliphatic carbocycles. The minimum atomic E-state index is 0.505. The van der Waals surface area contributed by atoms with Crippen molar-refractivity contribution in [2.75, 3.05) is 18.0 Å². The van der Waals surface area contributed by atoms with Gasteiger partial charge in [-0.2, -0.15) is 0 Å². The van der Waals surface area contributed by atoms with E-state index in [9.17, 15) is 0 Å². The number of nitrogens with zero attached hydrogens (tertiary/aromatic N) is 3. The maximum atomic E-state index is 6.00. The van der Waals surface area contributed by atoms with E-state index in [1.165, 1.54) is 6.42 Å². The van der Waals surface area contributed by atoms with Crippen LogP contribution in [0.5, 0.6) is 0 Å². The van der Waals surface area contributed by atoms with E-state index in [2.05, 4.69) is 21.4 Å². The number of pyridine rings is 2. The third kappa shape index (κ3) is 1.75. The third-order valence-electron chi connectivity index (χ3n) is 3.33. The number of fused-ring (bicyclic) bond motifs is 1. The number of halogens is 1. The van der Waals surface area contributed by atoms with E-state index in [0.717, 1.165) is 40.8 Å². The largest absolute Gasteiger partial charge is 0.356 e. The van der Waals surface area contributed by atoms with Gasteiger partial charge in [-0.3, -0.25) is 0 Å². The summed E-state index contributed by atoms with van der Waals surface area (Å²) in [7, 11) is 0. The molecule has 0 radical (unpaired) electrons. The molecule has 18 heavy (non-hydrogen) atoms. The zero-order valence-corrected chi connectivity index (χ0v) is 11.0. The van der Waals surface area contributed by atoms with Gasteiger partial charge in [0.1, 0.15) is 11.0 Å². The molecule has 4 heteroatoms. The Morgan fingerprint density at radius 2 is 2.06 bits per heavy atom. The van der Waals surface area contributed by atoms with Crippen LogP contribution in [0.15, 0.2) is 25.0 Å². The van der Waals surface area contributed by atoms with Crippen LogP contribution in [0.25, 0.3) is 16.3 Å². The molecule has 0 unspecified atom stereocenters.